The quantitative estimate of drug-likeness (QED) is 0.382. The highest BCUT2D eigenvalue weighted by molar-refractivity contribution is 6.76. The molecule has 0 spiro atoms. The zero-order chi connectivity index (χ0) is 21.8. The SMILES string of the molecule is [2H]C([2H])([2H])c1c[n+](C)c(N2C=Cc3c(oc4ccccc34)B2C)cc1-c1ccccc1. The average Bonchev–Trinajstić information content (AvgIpc) is 3.14. The van der Waals surface area contributed by atoms with Gasteiger partial charge in [-0.2, -0.15) is 0 Å². The zero-order valence-corrected chi connectivity index (χ0v) is 15.9. The molecule has 2 aromatic heterocycles. The van der Waals surface area contributed by atoms with Gasteiger partial charge >= 0.3 is 6.85 Å². The molecule has 4 heteroatoms. The third kappa shape index (κ3) is 2.56. The molecule has 136 valence electrons. The number of aromatic nitrogens is 1. The normalized spacial score (nSPS) is 15.3. The first-order valence-corrected chi connectivity index (χ1v) is 9.42. The van der Waals surface area contributed by atoms with E-state index in [1.165, 1.54) is 0 Å². The number of fused-ring (bicyclic) bond motifs is 3. The molecular weight excluding hydrogens is 343 g/mol. The second-order valence-electron chi connectivity index (χ2n) is 7.21. The first kappa shape index (κ1) is 13.8. The number of rotatable bonds is 2. The van der Waals surface area contributed by atoms with Gasteiger partial charge in [0.25, 0.3) is 5.82 Å². The van der Waals surface area contributed by atoms with Gasteiger partial charge in [-0.25, -0.2) is 4.57 Å². The highest BCUT2D eigenvalue weighted by Crippen LogP contribution is 2.29. The molecule has 3 heterocycles. The fraction of sp³-hybridized carbons (Fsp3) is 0.125. The molecule has 2 aromatic carbocycles. The van der Waals surface area contributed by atoms with Gasteiger partial charge in [0.15, 0.2) is 0 Å². The van der Waals surface area contributed by atoms with Crippen LogP contribution in [0.5, 0.6) is 0 Å². The molecule has 0 aliphatic carbocycles. The first-order chi connectivity index (χ1) is 14.8. The van der Waals surface area contributed by atoms with Crippen molar-refractivity contribution in [2.75, 3.05) is 4.81 Å². The lowest BCUT2D eigenvalue weighted by molar-refractivity contribution is -0.658. The molecular formula is C24H22BN2O+. The number of nitrogens with zero attached hydrogens (tertiary/aromatic N) is 2. The van der Waals surface area contributed by atoms with Crippen LogP contribution in [-0.2, 0) is 7.05 Å². The van der Waals surface area contributed by atoms with Crippen LogP contribution in [-0.4, -0.2) is 6.85 Å². The predicted octanol–water partition coefficient (Wildman–Crippen LogP) is 4.55. The van der Waals surface area contributed by atoms with Crippen LogP contribution >= 0.6 is 0 Å². The number of para-hydroxylation sites is 1. The van der Waals surface area contributed by atoms with Gasteiger partial charge in [0.1, 0.15) is 11.2 Å². The number of furan rings is 1. The van der Waals surface area contributed by atoms with Crippen molar-refractivity contribution in [1.29, 1.82) is 0 Å². The predicted molar refractivity (Wildman–Crippen MR) is 117 cm³/mol. The van der Waals surface area contributed by atoms with Crippen molar-refractivity contribution in [3.63, 3.8) is 0 Å². The van der Waals surface area contributed by atoms with Gasteiger partial charge in [-0.15, -0.1) is 0 Å². The van der Waals surface area contributed by atoms with Crippen LogP contribution in [0.2, 0.25) is 6.82 Å². The first-order valence-electron chi connectivity index (χ1n) is 10.9. The van der Waals surface area contributed by atoms with E-state index in [9.17, 15) is 0 Å². The smallest absolute Gasteiger partial charge is 0.447 e. The number of aryl methyl sites for hydroxylation is 2. The molecule has 0 unspecified atom stereocenters. The molecule has 4 aromatic rings. The van der Waals surface area contributed by atoms with Gasteiger partial charge in [-0.05, 0) is 42.5 Å². The van der Waals surface area contributed by atoms with E-state index >= 15 is 0 Å². The molecule has 1 aliphatic rings. The Kier molecular flexibility index (Phi) is 3.17. The van der Waals surface area contributed by atoms with E-state index in [1.54, 1.807) is 6.20 Å². The monoisotopic (exact) mass is 368 g/mol. The molecule has 0 fully saturated rings. The summed E-state index contributed by atoms with van der Waals surface area (Å²) in [6.45, 7) is -0.151. The summed E-state index contributed by atoms with van der Waals surface area (Å²) in [5.41, 5.74) is 4.81. The second kappa shape index (κ2) is 6.41. The average molecular weight is 368 g/mol. The Morgan fingerprint density at radius 2 is 1.86 bits per heavy atom. The highest BCUT2D eigenvalue weighted by atomic mass is 16.3. The van der Waals surface area contributed by atoms with Crippen LogP contribution in [0.4, 0.5) is 5.82 Å². The zero-order valence-electron chi connectivity index (χ0n) is 18.9. The largest absolute Gasteiger partial charge is 0.465 e. The van der Waals surface area contributed by atoms with Crippen LogP contribution in [0.3, 0.4) is 0 Å². The molecule has 0 atom stereocenters. The molecule has 28 heavy (non-hydrogen) atoms. The third-order valence-electron chi connectivity index (χ3n) is 5.46. The Labute approximate surface area is 169 Å². The van der Waals surface area contributed by atoms with Crippen LogP contribution < -0.4 is 15.0 Å². The van der Waals surface area contributed by atoms with Gasteiger partial charge in [0.2, 0.25) is 0 Å². The molecule has 0 amide bonds. The molecule has 0 saturated heterocycles. The van der Waals surface area contributed by atoms with Crippen LogP contribution in [0.15, 0.2) is 77.5 Å². The highest BCUT2D eigenvalue weighted by Gasteiger charge is 2.37. The Morgan fingerprint density at radius 1 is 1.07 bits per heavy atom. The van der Waals surface area contributed by atoms with E-state index in [4.69, 9.17) is 8.53 Å². The minimum absolute atomic E-state index is 0.0409. The Balaban J connectivity index is 1.66. The summed E-state index contributed by atoms with van der Waals surface area (Å²) in [5, 5.41) is 1.10. The summed E-state index contributed by atoms with van der Waals surface area (Å²) < 4.78 is 32.2. The minimum Gasteiger partial charge on any atom is -0.465 e. The molecule has 0 saturated carbocycles. The molecule has 1 aliphatic heterocycles. The Morgan fingerprint density at radius 3 is 2.68 bits per heavy atom. The number of pyridine rings is 1. The summed E-state index contributed by atoms with van der Waals surface area (Å²) in [4.78, 5) is 2.13. The third-order valence-corrected chi connectivity index (χ3v) is 5.46. The van der Waals surface area contributed by atoms with Gasteiger partial charge < -0.3 is 4.42 Å². The van der Waals surface area contributed by atoms with Gasteiger partial charge in [0, 0.05) is 21.1 Å². The van der Waals surface area contributed by atoms with Crippen LogP contribution in [0, 0.1) is 6.85 Å². The molecule has 3 nitrogen and oxygen atoms in total. The Hall–Kier alpha value is -3.27. The lowest BCUT2D eigenvalue weighted by Crippen LogP contribution is -2.50. The van der Waals surface area contributed by atoms with Gasteiger partial charge in [-0.3, -0.25) is 4.81 Å². The lowest BCUT2D eigenvalue weighted by Gasteiger charge is -2.22. The second-order valence-corrected chi connectivity index (χ2v) is 7.21. The summed E-state index contributed by atoms with van der Waals surface area (Å²) >= 11 is 0. The van der Waals surface area contributed by atoms with E-state index in [0.29, 0.717) is 11.1 Å². The van der Waals surface area contributed by atoms with Crippen molar-refractivity contribution >= 4 is 35.4 Å². The summed E-state index contributed by atoms with van der Waals surface area (Å²) in [7, 11) is 1.88. The molecule has 0 radical (unpaired) electrons. The van der Waals surface area contributed by atoms with Crippen LogP contribution in [0.1, 0.15) is 15.2 Å². The van der Waals surface area contributed by atoms with Gasteiger partial charge in [-0.1, -0.05) is 48.5 Å². The van der Waals surface area contributed by atoms with Crippen molar-refractivity contribution in [3.8, 4) is 11.1 Å². The van der Waals surface area contributed by atoms with E-state index < -0.39 is 6.85 Å². The lowest BCUT2D eigenvalue weighted by atomic mass is 9.58. The fourth-order valence-electron chi connectivity index (χ4n) is 4.00. The maximum atomic E-state index is 8.05. The van der Waals surface area contributed by atoms with Crippen molar-refractivity contribution in [2.45, 2.75) is 13.7 Å². The minimum atomic E-state index is -2.21. The topological polar surface area (TPSA) is 20.3 Å². The van der Waals surface area contributed by atoms with E-state index in [2.05, 4.69) is 23.8 Å². The molecule has 0 N–H and O–H groups in total. The maximum absolute atomic E-state index is 8.05. The standard InChI is InChI=1S/C24H22BN2O/c1-17-16-26(3)23(15-21(17)18-9-5-4-6-10-18)27-14-13-20-19-11-7-8-12-22(19)28-24(20)25(27)2/h4-16H,1-3H3/q+1/i1D3. The van der Waals surface area contributed by atoms with Crippen molar-refractivity contribution in [1.82, 2.24) is 0 Å². The van der Waals surface area contributed by atoms with Gasteiger partial charge in [0.05, 0.1) is 19.4 Å². The number of hydrogen-bond donors (Lipinski definition) is 0. The molecule has 5 rings (SSSR count). The van der Waals surface area contributed by atoms with Crippen LogP contribution in [0.25, 0.3) is 28.2 Å². The summed E-state index contributed by atoms with van der Waals surface area (Å²) in [6.07, 6.45) is 5.84. The fourth-order valence-corrected chi connectivity index (χ4v) is 4.00. The van der Waals surface area contributed by atoms with E-state index in [0.717, 1.165) is 33.6 Å². The van der Waals surface area contributed by atoms with E-state index in [-0.39, 0.29) is 6.85 Å². The number of anilines is 1. The van der Waals surface area contributed by atoms with Crippen molar-refractivity contribution in [2.24, 2.45) is 7.05 Å². The van der Waals surface area contributed by atoms with E-state index in [1.807, 2.05) is 72.4 Å². The number of benzene rings is 2. The van der Waals surface area contributed by atoms with Crippen molar-refractivity contribution < 1.29 is 13.1 Å². The molecule has 0 bridgehead atoms. The summed E-state index contributed by atoms with van der Waals surface area (Å²) in [5.74, 6) is 0.890. The summed E-state index contributed by atoms with van der Waals surface area (Å²) in [6, 6.07) is 19.7. The number of hydrogen-bond acceptors (Lipinski definition) is 2. The maximum Gasteiger partial charge on any atom is 0.447 e. The Bertz CT molecular complexity index is 1310. The van der Waals surface area contributed by atoms with Crippen molar-refractivity contribution in [3.05, 3.63) is 84.2 Å².